The van der Waals surface area contributed by atoms with Crippen LogP contribution in [0.3, 0.4) is 0 Å². The van der Waals surface area contributed by atoms with Crippen LogP contribution in [0.25, 0.3) is 0 Å². The molecule has 4 nitrogen and oxygen atoms in total. The van der Waals surface area contributed by atoms with Gasteiger partial charge in [0.25, 0.3) is 0 Å². The van der Waals surface area contributed by atoms with Gasteiger partial charge < -0.3 is 15.5 Å². The fourth-order valence-corrected chi connectivity index (χ4v) is 0. The Labute approximate surface area is 103 Å². The summed E-state index contributed by atoms with van der Waals surface area (Å²) in [5.41, 5.74) is 0. The predicted molar refractivity (Wildman–Crippen MR) is 34.9 cm³/mol. The molecule has 0 radical (unpaired) electrons. The summed E-state index contributed by atoms with van der Waals surface area (Å²) >= 11 is 4.21. The Kier molecular flexibility index (Phi) is 15.8. The van der Waals surface area contributed by atoms with E-state index in [1.165, 1.54) is 0 Å². The molecule has 2 N–H and O–H groups in total. The van der Waals surface area contributed by atoms with Crippen molar-refractivity contribution in [3.8, 4) is 0 Å². The summed E-state index contributed by atoms with van der Waals surface area (Å²) in [5.74, 6) is 0. The first kappa shape index (κ1) is 16.8. The van der Waals surface area contributed by atoms with E-state index in [0.29, 0.717) is 0 Å². The first-order valence-corrected chi connectivity index (χ1v) is 2.76. The third-order valence-electron chi connectivity index (χ3n) is 0.0899. The van der Waals surface area contributed by atoms with E-state index in [1.807, 2.05) is 0 Å². The van der Waals surface area contributed by atoms with Crippen LogP contribution in [0.4, 0.5) is 0 Å². The Hall–Kier alpha value is 2.43. The van der Waals surface area contributed by atoms with E-state index >= 15 is 0 Å². The Morgan fingerprint density at radius 2 is 1.75 bits per heavy atom. The molecule has 46 valence electrons. The van der Waals surface area contributed by atoms with Gasteiger partial charge in [-0.05, 0) is 0 Å². The van der Waals surface area contributed by atoms with Crippen molar-refractivity contribution in [2.45, 2.75) is 0 Å². The van der Waals surface area contributed by atoms with Crippen LogP contribution in [0.5, 0.6) is 0 Å². The standard InChI is InChI=1S/Ca.ClH2O4P.Mg.4H/c;1-5-6(2,3)4;;;;;/h;(H2,2,3,4);;;;;/q+2;;+2;4*-1. The zero-order chi connectivity index (χ0) is 5.21. The van der Waals surface area contributed by atoms with E-state index in [9.17, 15) is 4.57 Å². The van der Waals surface area contributed by atoms with Crippen molar-refractivity contribution in [2.24, 2.45) is 0 Å². The molecule has 0 aliphatic carbocycles. The summed E-state index contributed by atoms with van der Waals surface area (Å²) in [6.07, 6.45) is 0. The van der Waals surface area contributed by atoms with Gasteiger partial charge in [-0.2, -0.15) is 4.08 Å². The molecule has 0 aliphatic rings. The first-order valence-electron chi connectivity index (χ1n) is 0.919. The molecule has 0 bridgehead atoms. The molecule has 8 heteroatoms. The Morgan fingerprint density at radius 3 is 1.75 bits per heavy atom. The monoisotopic (exact) mass is 200 g/mol. The van der Waals surface area contributed by atoms with E-state index in [4.69, 9.17) is 9.79 Å². The molecular weight excluding hydrogens is 195 g/mol. The summed E-state index contributed by atoms with van der Waals surface area (Å²) in [5, 5.41) is 0. The van der Waals surface area contributed by atoms with Crippen LogP contribution in [0, 0.1) is 0 Å². The topological polar surface area (TPSA) is 66.8 Å². The maximum Gasteiger partial charge on any atom is 2.00 e. The average Bonchev–Trinajstić information content (AvgIpc) is 1.35. The van der Waals surface area contributed by atoms with Crippen LogP contribution in [0.15, 0.2) is 0 Å². The third-order valence-corrected chi connectivity index (χ3v) is 0.809. The van der Waals surface area contributed by atoms with E-state index in [0.717, 1.165) is 0 Å². The Balaban J connectivity index is -0.00000000833. The first-order chi connectivity index (χ1) is 2.56. The van der Waals surface area contributed by atoms with Crippen LogP contribution in [0.2, 0.25) is 0 Å². The minimum Gasteiger partial charge on any atom is -1.00 e. The van der Waals surface area contributed by atoms with Gasteiger partial charge >= 0.3 is 68.6 Å². The molecule has 0 fully saturated rings. The summed E-state index contributed by atoms with van der Waals surface area (Å²) in [6.45, 7) is 0. The predicted octanol–water partition coefficient (Wildman–Crippen LogP) is -0.0621. The van der Waals surface area contributed by atoms with Crippen LogP contribution in [-0.2, 0) is 8.64 Å². The number of halogens is 1. The number of hydrogen-bond donors (Lipinski definition) is 2. The normalized spacial score (nSPS) is 8.88. The van der Waals surface area contributed by atoms with Crippen LogP contribution in [-0.4, -0.2) is 70.6 Å². The van der Waals surface area contributed by atoms with Gasteiger partial charge in [0.15, 0.2) is 0 Å². The smallest absolute Gasteiger partial charge is 1.00 e. The fourth-order valence-electron chi connectivity index (χ4n) is 0. The van der Waals surface area contributed by atoms with Crippen molar-refractivity contribution in [2.75, 3.05) is 0 Å². The molecule has 0 saturated carbocycles. The zero-order valence-electron chi connectivity index (χ0n) is 7.95. The van der Waals surface area contributed by atoms with E-state index in [1.54, 1.807) is 0 Å². The van der Waals surface area contributed by atoms with Gasteiger partial charge in [-0.3, -0.25) is 0 Å². The van der Waals surface area contributed by atoms with Gasteiger partial charge in [-0.1, -0.05) is 0 Å². The second-order valence-corrected chi connectivity index (χ2v) is 2.09. The number of phosphoric acid groups is 1. The second kappa shape index (κ2) is 7.53. The van der Waals surface area contributed by atoms with Crippen LogP contribution < -0.4 is 0 Å². The molecule has 0 aromatic carbocycles. The molecule has 0 rings (SSSR count). The van der Waals surface area contributed by atoms with Crippen LogP contribution in [0.1, 0.15) is 5.71 Å². The second-order valence-electron chi connectivity index (χ2n) is 0.560. The van der Waals surface area contributed by atoms with E-state index in [-0.39, 0.29) is 66.5 Å². The van der Waals surface area contributed by atoms with Crippen molar-refractivity contribution in [3.63, 3.8) is 0 Å². The Bertz CT molecular complexity index is 91.1. The molecule has 0 heterocycles. The molecule has 0 amide bonds. The maximum atomic E-state index is 9.34. The molecular formula is H6CaClMgO4P. The van der Waals surface area contributed by atoms with Gasteiger partial charge in [-0.15, -0.1) is 0 Å². The summed E-state index contributed by atoms with van der Waals surface area (Å²) in [4.78, 5) is 15.2. The molecule has 0 aliphatic heterocycles. The fraction of sp³-hybridized carbons (Fsp3) is 0. The summed E-state index contributed by atoms with van der Waals surface area (Å²) in [7, 11) is -4.38. The molecule has 0 aromatic heterocycles. The molecule has 0 aromatic rings. The van der Waals surface area contributed by atoms with Gasteiger partial charge in [0.05, 0.1) is 11.9 Å². The van der Waals surface area contributed by atoms with Gasteiger partial charge in [-0.25, -0.2) is 4.57 Å². The third kappa shape index (κ3) is 15.8. The largest absolute Gasteiger partial charge is 2.00 e. The van der Waals surface area contributed by atoms with Crippen molar-refractivity contribution < 1.29 is 24.1 Å². The van der Waals surface area contributed by atoms with Crippen molar-refractivity contribution in [1.29, 1.82) is 0 Å². The molecule has 0 saturated heterocycles. The molecule has 8 heavy (non-hydrogen) atoms. The minimum atomic E-state index is -4.38. The zero-order valence-corrected chi connectivity index (χ0v) is 9.22. The van der Waals surface area contributed by atoms with Crippen molar-refractivity contribution in [1.82, 2.24) is 0 Å². The minimum absolute atomic E-state index is 0. The summed E-state index contributed by atoms with van der Waals surface area (Å²) < 4.78 is 12.4. The Morgan fingerprint density at radius 1 is 1.62 bits per heavy atom. The molecule has 0 atom stereocenters. The molecule has 0 spiro atoms. The van der Waals surface area contributed by atoms with E-state index < -0.39 is 7.82 Å². The van der Waals surface area contributed by atoms with Gasteiger partial charge in [0, 0.05) is 0 Å². The number of rotatable bonds is 1. The quantitative estimate of drug-likeness (QED) is 0.460. The van der Waals surface area contributed by atoms with Crippen molar-refractivity contribution in [3.05, 3.63) is 0 Å². The van der Waals surface area contributed by atoms with Crippen LogP contribution >= 0.6 is 19.7 Å². The number of hydrogen-bond acceptors (Lipinski definition) is 2. The maximum absolute atomic E-state index is 9.34. The van der Waals surface area contributed by atoms with Crippen molar-refractivity contribution >= 4 is 80.5 Å². The summed E-state index contributed by atoms with van der Waals surface area (Å²) in [6, 6.07) is 0. The molecule has 0 unspecified atom stereocenters. The van der Waals surface area contributed by atoms with Gasteiger partial charge in [0.2, 0.25) is 0 Å². The van der Waals surface area contributed by atoms with Gasteiger partial charge in [0.1, 0.15) is 0 Å². The average molecular weight is 201 g/mol. The SMILES string of the molecule is O=P(O)(O)OCl.[Ca+2].[H-].[H-].[H-].[H-].[Mg+2]. The van der Waals surface area contributed by atoms with E-state index in [2.05, 4.69) is 15.9 Å².